The maximum absolute atomic E-state index is 6.08. The Balaban J connectivity index is 1.91. The van der Waals surface area contributed by atoms with Crippen LogP contribution in [0.25, 0.3) is 0 Å². The number of nitrogens with zero attached hydrogens (tertiary/aromatic N) is 1. The van der Waals surface area contributed by atoms with E-state index in [1.54, 1.807) is 0 Å². The van der Waals surface area contributed by atoms with E-state index in [4.69, 9.17) is 10.5 Å². The Morgan fingerprint density at radius 1 is 1.33 bits per heavy atom. The molecule has 1 atom stereocenters. The van der Waals surface area contributed by atoms with Crippen LogP contribution in [-0.2, 0) is 6.42 Å². The molecule has 3 nitrogen and oxygen atoms in total. The van der Waals surface area contributed by atoms with E-state index in [9.17, 15) is 0 Å². The molecule has 21 heavy (non-hydrogen) atoms. The lowest BCUT2D eigenvalue weighted by molar-refractivity contribution is 0.260. The zero-order chi connectivity index (χ0) is 15.2. The second-order valence-electron chi connectivity index (χ2n) is 6.14. The van der Waals surface area contributed by atoms with E-state index >= 15 is 0 Å². The molecule has 1 aromatic carbocycles. The lowest BCUT2D eigenvalue weighted by Gasteiger charge is -2.18. The zero-order valence-electron chi connectivity index (χ0n) is 13.2. The molecule has 0 aromatic heterocycles. The van der Waals surface area contributed by atoms with Crippen molar-refractivity contribution < 1.29 is 4.74 Å². The molecule has 1 heterocycles. The van der Waals surface area contributed by atoms with Gasteiger partial charge in [-0.05, 0) is 75.9 Å². The fraction of sp³-hybridized carbons (Fsp3) is 0.647. The summed E-state index contributed by atoms with van der Waals surface area (Å²) in [5, 5.41) is 0. The van der Waals surface area contributed by atoms with Gasteiger partial charge in [-0.1, -0.05) is 15.9 Å². The molecule has 0 radical (unpaired) electrons. The molecular formula is C17H27BrN2O. The number of likely N-dealkylation sites (tertiary alicyclic amines) is 1. The van der Waals surface area contributed by atoms with Gasteiger partial charge in [-0.25, -0.2) is 0 Å². The summed E-state index contributed by atoms with van der Waals surface area (Å²) in [5.41, 5.74) is 8.34. The lowest BCUT2D eigenvalue weighted by Crippen LogP contribution is -2.22. The van der Waals surface area contributed by atoms with Crippen molar-refractivity contribution in [2.45, 2.75) is 45.6 Å². The average Bonchev–Trinajstić information content (AvgIpc) is 2.89. The molecule has 1 unspecified atom stereocenters. The van der Waals surface area contributed by atoms with Crippen LogP contribution in [0, 0.1) is 6.92 Å². The fourth-order valence-electron chi connectivity index (χ4n) is 2.97. The van der Waals surface area contributed by atoms with Gasteiger partial charge in [0, 0.05) is 17.1 Å². The first-order valence-electron chi connectivity index (χ1n) is 7.96. The molecule has 2 N–H and O–H groups in total. The maximum atomic E-state index is 6.08. The molecule has 0 bridgehead atoms. The van der Waals surface area contributed by atoms with Gasteiger partial charge in [0.15, 0.2) is 0 Å². The highest BCUT2D eigenvalue weighted by molar-refractivity contribution is 9.10. The van der Waals surface area contributed by atoms with Crippen LogP contribution in [0.1, 0.15) is 37.3 Å². The number of hydrogen-bond donors (Lipinski definition) is 1. The van der Waals surface area contributed by atoms with Crippen LogP contribution in [0.5, 0.6) is 5.75 Å². The van der Waals surface area contributed by atoms with Gasteiger partial charge in [0.2, 0.25) is 0 Å². The number of nitrogens with two attached hydrogens (primary N) is 1. The summed E-state index contributed by atoms with van der Waals surface area (Å²) >= 11 is 3.56. The molecule has 1 aromatic rings. The predicted octanol–water partition coefficient (Wildman–Crippen LogP) is 3.51. The van der Waals surface area contributed by atoms with Gasteiger partial charge in [-0.2, -0.15) is 0 Å². The Kier molecular flexibility index (Phi) is 6.52. The quantitative estimate of drug-likeness (QED) is 0.761. The SMILES string of the molecule is Cc1cc(Br)cc(CC(C)N)c1OCCCN1CCCC1. The van der Waals surface area contributed by atoms with Crippen molar-refractivity contribution in [2.24, 2.45) is 5.73 Å². The zero-order valence-corrected chi connectivity index (χ0v) is 14.8. The normalized spacial score (nSPS) is 17.1. The third kappa shape index (κ3) is 5.28. The fourth-order valence-corrected chi connectivity index (χ4v) is 3.59. The highest BCUT2D eigenvalue weighted by atomic mass is 79.9. The van der Waals surface area contributed by atoms with Crippen LogP contribution in [0.4, 0.5) is 0 Å². The topological polar surface area (TPSA) is 38.5 Å². The molecule has 0 spiro atoms. The molecule has 1 fully saturated rings. The summed E-state index contributed by atoms with van der Waals surface area (Å²) in [5.74, 6) is 1.02. The highest BCUT2D eigenvalue weighted by Gasteiger charge is 2.13. The van der Waals surface area contributed by atoms with Crippen LogP contribution in [0.2, 0.25) is 0 Å². The summed E-state index contributed by atoms with van der Waals surface area (Å²) in [7, 11) is 0. The van der Waals surface area contributed by atoms with E-state index in [2.05, 4.69) is 39.9 Å². The van der Waals surface area contributed by atoms with Crippen molar-refractivity contribution in [2.75, 3.05) is 26.2 Å². The van der Waals surface area contributed by atoms with Gasteiger partial charge in [0.05, 0.1) is 6.61 Å². The van der Waals surface area contributed by atoms with Gasteiger partial charge in [0.25, 0.3) is 0 Å². The third-order valence-electron chi connectivity index (χ3n) is 3.92. The van der Waals surface area contributed by atoms with E-state index in [0.717, 1.165) is 36.2 Å². The minimum absolute atomic E-state index is 0.144. The first-order chi connectivity index (χ1) is 10.1. The Morgan fingerprint density at radius 2 is 2.05 bits per heavy atom. The number of rotatable bonds is 7. The molecule has 0 aliphatic carbocycles. The van der Waals surface area contributed by atoms with Crippen molar-refractivity contribution >= 4 is 15.9 Å². The summed E-state index contributed by atoms with van der Waals surface area (Å²) in [6.45, 7) is 8.59. The van der Waals surface area contributed by atoms with Crippen molar-refractivity contribution in [1.29, 1.82) is 0 Å². The standard InChI is InChI=1S/C17H27BrN2O/c1-13-10-16(18)12-15(11-14(2)19)17(13)21-9-5-8-20-6-3-4-7-20/h10,12,14H,3-9,11,19H2,1-2H3. The van der Waals surface area contributed by atoms with E-state index in [0.29, 0.717) is 0 Å². The molecule has 1 saturated heterocycles. The Bertz CT molecular complexity index is 456. The Hall–Kier alpha value is -0.580. The minimum Gasteiger partial charge on any atom is -0.493 e. The van der Waals surface area contributed by atoms with Crippen molar-refractivity contribution in [3.8, 4) is 5.75 Å². The smallest absolute Gasteiger partial charge is 0.125 e. The summed E-state index contributed by atoms with van der Waals surface area (Å²) in [6.07, 6.45) is 4.64. The lowest BCUT2D eigenvalue weighted by atomic mass is 10.0. The number of ether oxygens (including phenoxy) is 1. The van der Waals surface area contributed by atoms with Gasteiger partial charge in [-0.15, -0.1) is 0 Å². The second kappa shape index (κ2) is 8.16. The predicted molar refractivity (Wildman–Crippen MR) is 92.0 cm³/mol. The third-order valence-corrected chi connectivity index (χ3v) is 4.38. The van der Waals surface area contributed by atoms with Crippen LogP contribution in [0.15, 0.2) is 16.6 Å². The van der Waals surface area contributed by atoms with Crippen LogP contribution >= 0.6 is 15.9 Å². The molecule has 2 rings (SSSR count). The second-order valence-corrected chi connectivity index (χ2v) is 7.06. The van der Waals surface area contributed by atoms with Gasteiger partial charge in [0.1, 0.15) is 5.75 Å². The molecule has 118 valence electrons. The molecule has 0 amide bonds. The molecular weight excluding hydrogens is 328 g/mol. The number of halogens is 1. The number of aryl methyl sites for hydroxylation is 1. The monoisotopic (exact) mass is 354 g/mol. The van der Waals surface area contributed by atoms with E-state index < -0.39 is 0 Å². The number of benzene rings is 1. The van der Waals surface area contributed by atoms with Crippen LogP contribution in [0.3, 0.4) is 0 Å². The Labute approximate surface area is 137 Å². The molecule has 0 saturated carbocycles. The van der Waals surface area contributed by atoms with Crippen LogP contribution < -0.4 is 10.5 Å². The minimum atomic E-state index is 0.144. The van der Waals surface area contributed by atoms with Crippen molar-refractivity contribution in [1.82, 2.24) is 4.90 Å². The molecule has 1 aliphatic rings. The average molecular weight is 355 g/mol. The molecule has 4 heteroatoms. The van der Waals surface area contributed by atoms with Crippen LogP contribution in [-0.4, -0.2) is 37.2 Å². The Morgan fingerprint density at radius 3 is 2.71 bits per heavy atom. The summed E-state index contributed by atoms with van der Waals surface area (Å²) in [4.78, 5) is 2.53. The van der Waals surface area contributed by atoms with E-state index in [1.807, 2.05) is 6.92 Å². The number of hydrogen-bond acceptors (Lipinski definition) is 3. The van der Waals surface area contributed by atoms with Gasteiger partial charge in [-0.3, -0.25) is 0 Å². The van der Waals surface area contributed by atoms with Gasteiger partial charge >= 0.3 is 0 Å². The largest absolute Gasteiger partial charge is 0.493 e. The first-order valence-corrected chi connectivity index (χ1v) is 8.75. The molecule has 1 aliphatic heterocycles. The van der Waals surface area contributed by atoms with Gasteiger partial charge < -0.3 is 15.4 Å². The van der Waals surface area contributed by atoms with E-state index in [-0.39, 0.29) is 6.04 Å². The summed E-state index contributed by atoms with van der Waals surface area (Å²) < 4.78 is 7.18. The van der Waals surface area contributed by atoms with E-state index in [1.165, 1.54) is 37.1 Å². The summed E-state index contributed by atoms with van der Waals surface area (Å²) in [6, 6.07) is 4.39. The highest BCUT2D eigenvalue weighted by Crippen LogP contribution is 2.29. The van der Waals surface area contributed by atoms with Crippen molar-refractivity contribution in [3.05, 3.63) is 27.7 Å². The van der Waals surface area contributed by atoms with Crippen molar-refractivity contribution in [3.63, 3.8) is 0 Å². The maximum Gasteiger partial charge on any atom is 0.125 e. The first kappa shape index (κ1) is 16.8.